The highest BCUT2D eigenvalue weighted by molar-refractivity contribution is 5.94. The molecule has 7 heteroatoms. The summed E-state index contributed by atoms with van der Waals surface area (Å²) in [5.41, 5.74) is 1.32. The Morgan fingerprint density at radius 3 is 2.72 bits per heavy atom. The first-order valence-electron chi connectivity index (χ1n) is 9.11. The van der Waals surface area contributed by atoms with Crippen LogP contribution in [0.25, 0.3) is 0 Å². The number of aryl methyl sites for hydroxylation is 2. The van der Waals surface area contributed by atoms with Gasteiger partial charge in [0, 0.05) is 18.8 Å². The van der Waals surface area contributed by atoms with Gasteiger partial charge in [-0.3, -0.25) is 14.4 Å². The zero-order valence-electron chi connectivity index (χ0n) is 15.2. The fourth-order valence-corrected chi connectivity index (χ4v) is 3.55. The first-order chi connectivity index (χ1) is 12.1. The lowest BCUT2D eigenvalue weighted by Crippen LogP contribution is -2.47. The number of amides is 1. The summed E-state index contributed by atoms with van der Waals surface area (Å²) in [6, 6.07) is 1.61. The van der Waals surface area contributed by atoms with E-state index in [2.05, 4.69) is 40.5 Å². The standard InChI is InChI=1S/C18H27N5O2/c1-4-16(18(24)20-17-10-13(3)25-21-17)22-8-6-14(7-9-22)15-11-19-23(5-2)12-15/h10-12,14,16H,4-9H2,1-3H3,(H,20,21,24)/t16-/m0/s1. The average Bonchev–Trinajstić information content (AvgIpc) is 3.25. The predicted octanol–water partition coefficient (Wildman–Crippen LogP) is 2.80. The van der Waals surface area contributed by atoms with Gasteiger partial charge in [-0.2, -0.15) is 5.10 Å². The van der Waals surface area contributed by atoms with Crippen molar-refractivity contribution in [3.63, 3.8) is 0 Å². The maximum absolute atomic E-state index is 12.6. The number of rotatable bonds is 6. The summed E-state index contributed by atoms with van der Waals surface area (Å²) in [5.74, 6) is 1.71. The fourth-order valence-electron chi connectivity index (χ4n) is 3.55. The van der Waals surface area contributed by atoms with E-state index in [-0.39, 0.29) is 11.9 Å². The van der Waals surface area contributed by atoms with Crippen molar-refractivity contribution in [1.82, 2.24) is 19.8 Å². The van der Waals surface area contributed by atoms with E-state index in [1.165, 1.54) is 5.56 Å². The van der Waals surface area contributed by atoms with Crippen LogP contribution in [0.15, 0.2) is 23.0 Å². The molecular weight excluding hydrogens is 318 g/mol. The molecule has 3 rings (SSSR count). The molecule has 0 bridgehead atoms. The van der Waals surface area contributed by atoms with Gasteiger partial charge < -0.3 is 9.84 Å². The van der Waals surface area contributed by atoms with Crippen molar-refractivity contribution in [3.8, 4) is 0 Å². The summed E-state index contributed by atoms with van der Waals surface area (Å²) in [4.78, 5) is 14.9. The van der Waals surface area contributed by atoms with Crippen LogP contribution < -0.4 is 5.32 Å². The van der Waals surface area contributed by atoms with Crippen LogP contribution in [0.5, 0.6) is 0 Å². The van der Waals surface area contributed by atoms with Crippen LogP contribution in [-0.4, -0.2) is 44.9 Å². The second-order valence-electron chi connectivity index (χ2n) is 6.68. The lowest BCUT2D eigenvalue weighted by molar-refractivity contribution is -0.121. The Hall–Kier alpha value is -2.15. The minimum absolute atomic E-state index is 0.00643. The van der Waals surface area contributed by atoms with Gasteiger partial charge >= 0.3 is 0 Å². The second kappa shape index (κ2) is 7.82. The molecule has 1 aliphatic heterocycles. The van der Waals surface area contributed by atoms with Gasteiger partial charge in [0.25, 0.3) is 0 Å². The van der Waals surface area contributed by atoms with Crippen LogP contribution in [0.2, 0.25) is 0 Å². The summed E-state index contributed by atoms with van der Waals surface area (Å²) in [6.07, 6.45) is 7.03. The number of nitrogens with one attached hydrogen (secondary N) is 1. The van der Waals surface area contributed by atoms with Gasteiger partial charge in [0.05, 0.1) is 12.2 Å². The monoisotopic (exact) mass is 345 g/mol. The van der Waals surface area contributed by atoms with Gasteiger partial charge in [-0.15, -0.1) is 0 Å². The molecule has 3 heterocycles. The molecule has 0 aromatic carbocycles. The van der Waals surface area contributed by atoms with E-state index in [0.717, 1.165) is 38.9 Å². The summed E-state index contributed by atoms with van der Waals surface area (Å²) in [7, 11) is 0. The minimum Gasteiger partial charge on any atom is -0.360 e. The van der Waals surface area contributed by atoms with Crippen LogP contribution in [0.4, 0.5) is 5.82 Å². The molecule has 1 fully saturated rings. The number of piperidine rings is 1. The zero-order chi connectivity index (χ0) is 17.8. The Labute approximate surface area is 148 Å². The van der Waals surface area contributed by atoms with Crippen LogP contribution in [0.1, 0.15) is 50.4 Å². The van der Waals surface area contributed by atoms with E-state index < -0.39 is 0 Å². The summed E-state index contributed by atoms with van der Waals surface area (Å²) >= 11 is 0. The Morgan fingerprint density at radius 2 is 2.16 bits per heavy atom. The Kier molecular flexibility index (Phi) is 5.53. The number of nitrogens with zero attached hydrogens (tertiary/aromatic N) is 4. The maximum atomic E-state index is 12.6. The molecule has 2 aromatic heterocycles. The summed E-state index contributed by atoms with van der Waals surface area (Å²) < 4.78 is 6.99. The molecule has 1 aliphatic rings. The number of anilines is 1. The number of carbonyl (C=O) groups is 1. The number of hydrogen-bond donors (Lipinski definition) is 1. The van der Waals surface area contributed by atoms with Crippen molar-refractivity contribution in [2.75, 3.05) is 18.4 Å². The highest BCUT2D eigenvalue weighted by atomic mass is 16.5. The van der Waals surface area contributed by atoms with Crippen molar-refractivity contribution >= 4 is 11.7 Å². The lowest BCUT2D eigenvalue weighted by atomic mass is 9.90. The van der Waals surface area contributed by atoms with Gasteiger partial charge in [0.2, 0.25) is 5.91 Å². The van der Waals surface area contributed by atoms with Gasteiger partial charge in [-0.05, 0) is 57.7 Å². The molecular formula is C18H27N5O2. The summed E-state index contributed by atoms with van der Waals surface area (Å²) in [6.45, 7) is 8.71. The highest BCUT2D eigenvalue weighted by Gasteiger charge is 2.30. The van der Waals surface area contributed by atoms with Crippen molar-refractivity contribution in [3.05, 3.63) is 29.8 Å². The molecule has 0 unspecified atom stereocenters. The van der Waals surface area contributed by atoms with Gasteiger partial charge in [-0.1, -0.05) is 12.1 Å². The number of aromatic nitrogens is 3. The molecule has 1 N–H and O–H groups in total. The SMILES string of the molecule is CC[C@@H](C(=O)Nc1cc(C)on1)N1CCC(c2cnn(CC)c2)CC1. The van der Waals surface area contributed by atoms with Crippen molar-refractivity contribution < 1.29 is 9.32 Å². The largest absolute Gasteiger partial charge is 0.360 e. The third kappa shape index (κ3) is 4.10. The Balaban J connectivity index is 1.57. The Bertz CT molecular complexity index is 700. The highest BCUT2D eigenvalue weighted by Crippen LogP contribution is 2.29. The molecule has 0 aliphatic carbocycles. The molecule has 136 valence electrons. The van der Waals surface area contributed by atoms with E-state index >= 15 is 0 Å². The normalized spacial score (nSPS) is 17.6. The van der Waals surface area contributed by atoms with Crippen LogP contribution in [0.3, 0.4) is 0 Å². The van der Waals surface area contributed by atoms with Crippen LogP contribution in [0, 0.1) is 6.92 Å². The van der Waals surface area contributed by atoms with Gasteiger partial charge in [0.1, 0.15) is 5.76 Å². The molecule has 2 aromatic rings. The summed E-state index contributed by atoms with van der Waals surface area (Å²) in [5, 5.41) is 11.1. The van der Waals surface area contributed by atoms with E-state index in [1.807, 2.05) is 17.8 Å². The van der Waals surface area contributed by atoms with E-state index in [1.54, 1.807) is 6.07 Å². The third-order valence-corrected chi connectivity index (χ3v) is 4.99. The molecule has 0 spiro atoms. The molecule has 0 saturated carbocycles. The minimum atomic E-state index is -0.128. The fraction of sp³-hybridized carbons (Fsp3) is 0.611. The molecule has 25 heavy (non-hydrogen) atoms. The molecule has 7 nitrogen and oxygen atoms in total. The second-order valence-corrected chi connectivity index (χ2v) is 6.68. The van der Waals surface area contributed by atoms with Gasteiger partial charge in [0.15, 0.2) is 5.82 Å². The lowest BCUT2D eigenvalue weighted by Gasteiger charge is -2.36. The first-order valence-corrected chi connectivity index (χ1v) is 9.11. The average molecular weight is 345 g/mol. The van der Waals surface area contributed by atoms with Crippen molar-refractivity contribution in [2.24, 2.45) is 0 Å². The predicted molar refractivity (Wildman–Crippen MR) is 95.4 cm³/mol. The van der Waals surface area contributed by atoms with E-state index in [4.69, 9.17) is 4.52 Å². The molecule has 0 radical (unpaired) electrons. The first kappa shape index (κ1) is 17.7. The van der Waals surface area contributed by atoms with E-state index in [9.17, 15) is 4.79 Å². The Morgan fingerprint density at radius 1 is 1.40 bits per heavy atom. The van der Waals surface area contributed by atoms with Crippen molar-refractivity contribution in [1.29, 1.82) is 0 Å². The molecule has 1 saturated heterocycles. The molecule has 1 atom stereocenters. The van der Waals surface area contributed by atoms with Crippen LogP contribution >= 0.6 is 0 Å². The maximum Gasteiger partial charge on any atom is 0.242 e. The number of carbonyl (C=O) groups excluding carboxylic acids is 1. The topological polar surface area (TPSA) is 76.2 Å². The van der Waals surface area contributed by atoms with Gasteiger partial charge in [-0.25, -0.2) is 0 Å². The number of likely N-dealkylation sites (tertiary alicyclic amines) is 1. The van der Waals surface area contributed by atoms with Crippen molar-refractivity contribution in [2.45, 2.75) is 58.5 Å². The number of hydrogen-bond acceptors (Lipinski definition) is 5. The van der Waals surface area contributed by atoms with Crippen LogP contribution in [-0.2, 0) is 11.3 Å². The molecule has 1 amide bonds. The van der Waals surface area contributed by atoms with E-state index in [0.29, 0.717) is 17.5 Å². The smallest absolute Gasteiger partial charge is 0.242 e. The third-order valence-electron chi connectivity index (χ3n) is 4.99. The quantitative estimate of drug-likeness (QED) is 0.871. The zero-order valence-corrected chi connectivity index (χ0v) is 15.2.